The molecule has 9 nitrogen and oxygen atoms in total. The van der Waals surface area contributed by atoms with Crippen molar-refractivity contribution < 1.29 is 19.4 Å². The quantitative estimate of drug-likeness (QED) is 0.628. The first-order chi connectivity index (χ1) is 15.8. The highest BCUT2D eigenvalue weighted by molar-refractivity contribution is 6.31. The maximum Gasteiger partial charge on any atom is 0.407 e. The van der Waals surface area contributed by atoms with Crippen molar-refractivity contribution in [1.29, 1.82) is 0 Å². The molecule has 1 fully saturated rings. The van der Waals surface area contributed by atoms with Crippen molar-refractivity contribution in [1.82, 2.24) is 24.4 Å². The largest absolute Gasteiger partial charge is 0.489 e. The van der Waals surface area contributed by atoms with Crippen LogP contribution in [0.15, 0.2) is 24.3 Å². The number of amides is 2. The van der Waals surface area contributed by atoms with E-state index in [4.69, 9.17) is 21.4 Å². The van der Waals surface area contributed by atoms with E-state index >= 15 is 0 Å². The van der Waals surface area contributed by atoms with Crippen molar-refractivity contribution >= 4 is 29.2 Å². The van der Waals surface area contributed by atoms with E-state index in [1.807, 2.05) is 26.0 Å². The van der Waals surface area contributed by atoms with Gasteiger partial charge in [-0.15, -0.1) is 0 Å². The summed E-state index contributed by atoms with van der Waals surface area (Å²) in [6, 6.07) is 7.21. The normalized spacial score (nSPS) is 16.3. The summed E-state index contributed by atoms with van der Waals surface area (Å²) in [5, 5.41) is 14.4. The standard InChI is InChI=1S/C23H24ClN5O4/c1-13-20(24)14(2)29-21(25-13)17-11-28(12-18(17)26-29)22(30)16-5-3-4-6-19(16)33-15-7-9-27(10-8-15)23(31)32/h3-6,15H,7-12H2,1-2H3,(H,31,32). The first kappa shape index (κ1) is 21.5. The van der Waals surface area contributed by atoms with Crippen LogP contribution in [0.3, 0.4) is 0 Å². The summed E-state index contributed by atoms with van der Waals surface area (Å²) in [6.45, 7) is 5.42. The first-order valence-corrected chi connectivity index (χ1v) is 11.3. The van der Waals surface area contributed by atoms with E-state index in [0.717, 1.165) is 28.3 Å². The van der Waals surface area contributed by atoms with Crippen molar-refractivity contribution in [3.8, 4) is 5.75 Å². The minimum Gasteiger partial charge on any atom is -0.489 e. The Morgan fingerprint density at radius 2 is 1.85 bits per heavy atom. The average Bonchev–Trinajstić information content (AvgIpc) is 3.37. The predicted octanol–water partition coefficient (Wildman–Crippen LogP) is 3.68. The number of hydrogen-bond donors (Lipinski definition) is 1. The van der Waals surface area contributed by atoms with Crippen LogP contribution < -0.4 is 4.74 Å². The van der Waals surface area contributed by atoms with E-state index in [9.17, 15) is 9.59 Å². The molecular formula is C23H24ClN5O4. The Kier molecular flexibility index (Phi) is 5.36. The van der Waals surface area contributed by atoms with Crippen LogP contribution in [-0.2, 0) is 13.1 Å². The van der Waals surface area contributed by atoms with Crippen molar-refractivity contribution in [2.24, 2.45) is 0 Å². The number of aromatic nitrogens is 3. The van der Waals surface area contributed by atoms with E-state index in [-0.39, 0.29) is 12.0 Å². The molecule has 0 atom stereocenters. The molecule has 172 valence electrons. The van der Waals surface area contributed by atoms with Gasteiger partial charge in [-0.2, -0.15) is 5.10 Å². The van der Waals surface area contributed by atoms with Crippen molar-refractivity contribution in [3.63, 3.8) is 0 Å². The molecule has 1 saturated heterocycles. The summed E-state index contributed by atoms with van der Waals surface area (Å²) < 4.78 is 7.91. The highest BCUT2D eigenvalue weighted by Gasteiger charge is 2.32. The maximum atomic E-state index is 13.4. The molecule has 1 aromatic carbocycles. The lowest BCUT2D eigenvalue weighted by atomic mass is 10.1. The smallest absolute Gasteiger partial charge is 0.407 e. The third-order valence-electron chi connectivity index (χ3n) is 6.37. The van der Waals surface area contributed by atoms with E-state index in [2.05, 4.69) is 10.1 Å². The zero-order chi connectivity index (χ0) is 23.3. The second kappa shape index (κ2) is 8.22. The number of nitrogens with zero attached hydrogens (tertiary/aromatic N) is 5. The Hall–Kier alpha value is -3.33. The average molecular weight is 470 g/mol. The number of benzene rings is 1. The van der Waals surface area contributed by atoms with Crippen LogP contribution in [-0.4, -0.2) is 60.7 Å². The molecule has 0 spiro atoms. The number of likely N-dealkylation sites (tertiary alicyclic amines) is 1. The lowest BCUT2D eigenvalue weighted by molar-refractivity contribution is 0.0727. The molecule has 3 aromatic rings. The number of aryl methyl sites for hydroxylation is 2. The molecule has 0 radical (unpaired) electrons. The minimum absolute atomic E-state index is 0.130. The Balaban J connectivity index is 1.34. The molecule has 0 aliphatic carbocycles. The van der Waals surface area contributed by atoms with Crippen molar-refractivity contribution in [2.45, 2.75) is 45.9 Å². The van der Waals surface area contributed by atoms with Gasteiger partial charge in [-0.3, -0.25) is 4.79 Å². The number of hydrogen-bond acceptors (Lipinski definition) is 5. The van der Waals surface area contributed by atoms with Gasteiger partial charge in [0.1, 0.15) is 11.9 Å². The number of piperidine rings is 1. The van der Waals surface area contributed by atoms with Gasteiger partial charge < -0.3 is 19.6 Å². The van der Waals surface area contributed by atoms with Crippen LogP contribution in [0.1, 0.15) is 45.8 Å². The molecule has 2 aliphatic rings. The molecule has 2 aliphatic heterocycles. The molecule has 0 bridgehead atoms. The minimum atomic E-state index is -0.911. The zero-order valence-electron chi connectivity index (χ0n) is 18.4. The number of carboxylic acid groups (broad SMARTS) is 1. The summed E-state index contributed by atoms with van der Waals surface area (Å²) in [5.74, 6) is 0.388. The SMILES string of the molecule is Cc1nc2c3c(nn2c(C)c1Cl)CN(C(=O)c1ccccc1OC1CCN(C(=O)O)CC1)C3. The van der Waals surface area contributed by atoms with E-state index in [0.29, 0.717) is 55.4 Å². The maximum absolute atomic E-state index is 13.4. The summed E-state index contributed by atoms with van der Waals surface area (Å²) in [7, 11) is 0. The number of carbonyl (C=O) groups excluding carboxylic acids is 1. The van der Waals surface area contributed by atoms with Gasteiger partial charge in [-0.25, -0.2) is 14.3 Å². The van der Waals surface area contributed by atoms with E-state index in [1.54, 1.807) is 21.5 Å². The number of rotatable bonds is 3. The van der Waals surface area contributed by atoms with Crippen LogP contribution in [0.2, 0.25) is 5.02 Å². The number of ether oxygens (including phenoxy) is 1. The van der Waals surface area contributed by atoms with E-state index in [1.165, 1.54) is 4.90 Å². The summed E-state index contributed by atoms with van der Waals surface area (Å²) in [5.41, 5.74) is 4.55. The Bertz CT molecular complexity index is 1270. The Morgan fingerprint density at radius 3 is 2.58 bits per heavy atom. The van der Waals surface area contributed by atoms with Crippen LogP contribution in [0.25, 0.3) is 5.65 Å². The van der Waals surface area contributed by atoms with Crippen molar-refractivity contribution in [3.05, 3.63) is 57.5 Å². The van der Waals surface area contributed by atoms with Crippen molar-refractivity contribution in [2.75, 3.05) is 13.1 Å². The van der Waals surface area contributed by atoms with E-state index < -0.39 is 6.09 Å². The summed E-state index contributed by atoms with van der Waals surface area (Å²) >= 11 is 6.33. The van der Waals surface area contributed by atoms with Crippen LogP contribution >= 0.6 is 11.6 Å². The third kappa shape index (κ3) is 3.76. The molecule has 5 rings (SSSR count). The molecule has 10 heteroatoms. The van der Waals surface area contributed by atoms with Gasteiger partial charge in [0.05, 0.1) is 40.8 Å². The molecule has 2 amide bonds. The predicted molar refractivity (Wildman–Crippen MR) is 121 cm³/mol. The number of carbonyl (C=O) groups is 2. The summed E-state index contributed by atoms with van der Waals surface area (Å²) in [4.78, 5) is 32.3. The topological polar surface area (TPSA) is 100 Å². The fourth-order valence-corrected chi connectivity index (χ4v) is 4.64. The third-order valence-corrected chi connectivity index (χ3v) is 6.91. The van der Waals surface area contributed by atoms with Crippen LogP contribution in [0.5, 0.6) is 5.75 Å². The molecule has 33 heavy (non-hydrogen) atoms. The fourth-order valence-electron chi connectivity index (χ4n) is 4.52. The second-order valence-electron chi connectivity index (χ2n) is 8.50. The molecule has 2 aromatic heterocycles. The Labute approximate surface area is 195 Å². The molecule has 4 heterocycles. The van der Waals surface area contributed by atoms with Gasteiger partial charge in [0.15, 0.2) is 5.65 Å². The van der Waals surface area contributed by atoms with Gasteiger partial charge in [0.25, 0.3) is 5.91 Å². The number of para-hydroxylation sites is 1. The van der Waals surface area contributed by atoms with Crippen LogP contribution in [0.4, 0.5) is 4.79 Å². The van der Waals surface area contributed by atoms with Gasteiger partial charge in [-0.05, 0) is 26.0 Å². The van der Waals surface area contributed by atoms with Gasteiger partial charge >= 0.3 is 6.09 Å². The molecular weight excluding hydrogens is 446 g/mol. The zero-order valence-corrected chi connectivity index (χ0v) is 19.2. The van der Waals surface area contributed by atoms with Gasteiger partial charge in [0, 0.05) is 31.5 Å². The fraction of sp³-hybridized carbons (Fsp3) is 0.391. The number of fused-ring (bicyclic) bond motifs is 3. The first-order valence-electron chi connectivity index (χ1n) is 10.9. The highest BCUT2D eigenvalue weighted by atomic mass is 35.5. The second-order valence-corrected chi connectivity index (χ2v) is 8.88. The lowest BCUT2D eigenvalue weighted by Crippen LogP contribution is -2.41. The van der Waals surface area contributed by atoms with Gasteiger partial charge in [-0.1, -0.05) is 23.7 Å². The highest BCUT2D eigenvalue weighted by Crippen LogP contribution is 2.32. The molecule has 1 N–H and O–H groups in total. The van der Waals surface area contributed by atoms with Crippen LogP contribution in [0, 0.1) is 13.8 Å². The number of halogens is 1. The summed E-state index contributed by atoms with van der Waals surface area (Å²) in [6.07, 6.45) is 0.142. The lowest BCUT2D eigenvalue weighted by Gasteiger charge is -2.30. The molecule has 0 saturated carbocycles. The molecule has 0 unspecified atom stereocenters. The monoisotopic (exact) mass is 469 g/mol. The van der Waals surface area contributed by atoms with Gasteiger partial charge in [0.2, 0.25) is 0 Å². The Morgan fingerprint density at radius 1 is 1.12 bits per heavy atom.